The van der Waals surface area contributed by atoms with Gasteiger partial charge in [0.2, 0.25) is 0 Å². The van der Waals surface area contributed by atoms with Crippen molar-refractivity contribution in [2.24, 2.45) is 0 Å². The summed E-state index contributed by atoms with van der Waals surface area (Å²) in [5.74, 6) is 0.997. The summed E-state index contributed by atoms with van der Waals surface area (Å²) >= 11 is 0. The van der Waals surface area contributed by atoms with E-state index in [2.05, 4.69) is 21.9 Å². The molecule has 1 atom stereocenters. The van der Waals surface area contributed by atoms with Crippen LogP contribution in [0.25, 0.3) is 0 Å². The van der Waals surface area contributed by atoms with E-state index in [0.29, 0.717) is 5.56 Å². The lowest BCUT2D eigenvalue weighted by Crippen LogP contribution is -2.44. The molecule has 2 aromatic heterocycles. The number of nitrogens with zero attached hydrogens (tertiary/aromatic N) is 5. The largest absolute Gasteiger partial charge is 0.360 e. The van der Waals surface area contributed by atoms with Gasteiger partial charge in [-0.3, -0.25) is 9.48 Å². The normalized spacial score (nSPS) is 17.5. The van der Waals surface area contributed by atoms with Gasteiger partial charge in [-0.1, -0.05) is 0 Å². The third-order valence-corrected chi connectivity index (χ3v) is 5.00. The van der Waals surface area contributed by atoms with Crippen molar-refractivity contribution in [3.63, 3.8) is 0 Å². The molecule has 1 aliphatic heterocycles. The number of carbonyl (C=O) groups excluding carboxylic acids is 1. The Labute approximate surface area is 149 Å². The average molecular weight is 341 g/mol. The van der Waals surface area contributed by atoms with Crippen LogP contribution < -0.4 is 4.90 Å². The van der Waals surface area contributed by atoms with E-state index in [-0.39, 0.29) is 11.9 Å². The third kappa shape index (κ3) is 4.18. The summed E-state index contributed by atoms with van der Waals surface area (Å²) in [7, 11) is 2.00. The molecular formula is C19H27N5O. The lowest BCUT2D eigenvalue weighted by Gasteiger charge is -2.36. The second-order valence-corrected chi connectivity index (χ2v) is 6.63. The minimum atomic E-state index is 0.100. The molecule has 3 rings (SSSR count). The molecule has 2 aromatic rings. The molecule has 0 bridgehead atoms. The van der Waals surface area contributed by atoms with Crippen LogP contribution in [0.5, 0.6) is 0 Å². The van der Waals surface area contributed by atoms with Gasteiger partial charge in [-0.25, -0.2) is 4.98 Å². The third-order valence-electron chi connectivity index (χ3n) is 5.00. The highest BCUT2D eigenvalue weighted by Gasteiger charge is 2.27. The maximum Gasteiger partial charge on any atom is 0.255 e. The average Bonchev–Trinajstić information content (AvgIpc) is 3.19. The van der Waals surface area contributed by atoms with E-state index < -0.39 is 0 Å². The maximum atomic E-state index is 13.0. The van der Waals surface area contributed by atoms with E-state index in [9.17, 15) is 4.79 Å². The minimum Gasteiger partial charge on any atom is -0.360 e. The first kappa shape index (κ1) is 17.5. The molecule has 25 heavy (non-hydrogen) atoms. The van der Waals surface area contributed by atoms with Crippen molar-refractivity contribution in [1.82, 2.24) is 19.7 Å². The first-order valence-corrected chi connectivity index (χ1v) is 9.14. The first-order chi connectivity index (χ1) is 12.2. The molecule has 0 N–H and O–H groups in total. The zero-order valence-electron chi connectivity index (χ0n) is 15.1. The Bertz CT molecular complexity index is 668. The van der Waals surface area contributed by atoms with Crippen LogP contribution >= 0.6 is 0 Å². The number of anilines is 1. The van der Waals surface area contributed by atoms with Crippen molar-refractivity contribution in [3.8, 4) is 0 Å². The van der Waals surface area contributed by atoms with Crippen LogP contribution in [0.2, 0.25) is 0 Å². The smallest absolute Gasteiger partial charge is 0.255 e. The molecule has 1 aliphatic rings. The summed E-state index contributed by atoms with van der Waals surface area (Å²) < 4.78 is 1.94. The maximum absolute atomic E-state index is 13.0. The summed E-state index contributed by atoms with van der Waals surface area (Å²) in [5.41, 5.74) is 0.680. The highest BCUT2D eigenvalue weighted by molar-refractivity contribution is 5.94. The summed E-state index contributed by atoms with van der Waals surface area (Å²) in [6, 6.07) is 6.04. The molecule has 6 nitrogen and oxygen atoms in total. The fraction of sp³-hybridized carbons (Fsp3) is 0.526. The molecule has 0 aliphatic carbocycles. The number of piperidine rings is 1. The van der Waals surface area contributed by atoms with Crippen LogP contribution in [0.4, 0.5) is 5.82 Å². The van der Waals surface area contributed by atoms with Crippen molar-refractivity contribution in [2.45, 2.75) is 45.2 Å². The van der Waals surface area contributed by atoms with E-state index in [0.717, 1.165) is 44.7 Å². The zero-order valence-corrected chi connectivity index (χ0v) is 15.1. The Morgan fingerprint density at radius 1 is 1.36 bits per heavy atom. The van der Waals surface area contributed by atoms with Crippen LogP contribution in [0.1, 0.15) is 43.0 Å². The fourth-order valence-electron chi connectivity index (χ4n) is 3.35. The molecule has 0 saturated carbocycles. The number of pyridine rings is 1. The summed E-state index contributed by atoms with van der Waals surface area (Å²) in [4.78, 5) is 21.5. The van der Waals surface area contributed by atoms with Crippen LogP contribution in [0.3, 0.4) is 0 Å². The SMILES string of the molecule is CCN(C)c1ccc(C(=O)N2CCCCC2CCn2cccn2)cn1. The molecule has 134 valence electrons. The number of rotatable bonds is 6. The highest BCUT2D eigenvalue weighted by atomic mass is 16.2. The number of aromatic nitrogens is 3. The molecule has 1 saturated heterocycles. The standard InChI is InChI=1S/C19H27N5O/c1-3-22(2)18-9-8-16(15-20-18)19(25)24-13-5-4-7-17(24)10-14-23-12-6-11-21-23/h6,8-9,11-12,15,17H,3-5,7,10,13-14H2,1-2H3. The summed E-state index contributed by atoms with van der Waals surface area (Å²) in [5, 5.41) is 4.26. The van der Waals surface area contributed by atoms with Gasteiger partial charge in [0.25, 0.3) is 5.91 Å². The summed E-state index contributed by atoms with van der Waals surface area (Å²) in [6.45, 7) is 4.65. The number of hydrogen-bond donors (Lipinski definition) is 0. The highest BCUT2D eigenvalue weighted by Crippen LogP contribution is 2.23. The van der Waals surface area contributed by atoms with Gasteiger partial charge in [0.15, 0.2) is 0 Å². The van der Waals surface area contributed by atoms with Gasteiger partial charge in [0, 0.05) is 51.3 Å². The number of carbonyl (C=O) groups is 1. The number of hydrogen-bond acceptors (Lipinski definition) is 4. The van der Waals surface area contributed by atoms with Gasteiger partial charge in [0.1, 0.15) is 5.82 Å². The van der Waals surface area contributed by atoms with Crippen LogP contribution in [0, 0.1) is 0 Å². The topological polar surface area (TPSA) is 54.3 Å². The lowest BCUT2D eigenvalue weighted by atomic mass is 9.98. The van der Waals surface area contributed by atoms with Crippen LogP contribution in [-0.4, -0.2) is 51.8 Å². The van der Waals surface area contributed by atoms with Gasteiger partial charge in [-0.2, -0.15) is 5.10 Å². The van der Waals surface area contributed by atoms with Crippen molar-refractivity contribution < 1.29 is 4.79 Å². The fourth-order valence-corrected chi connectivity index (χ4v) is 3.35. The van der Waals surface area contributed by atoms with Gasteiger partial charge in [0.05, 0.1) is 5.56 Å². The van der Waals surface area contributed by atoms with Gasteiger partial charge >= 0.3 is 0 Å². The molecule has 0 spiro atoms. The Hall–Kier alpha value is -2.37. The molecule has 3 heterocycles. The van der Waals surface area contributed by atoms with Crippen LogP contribution in [0.15, 0.2) is 36.8 Å². The predicted octanol–water partition coefficient (Wildman–Crippen LogP) is 2.82. The Kier molecular flexibility index (Phi) is 5.68. The van der Waals surface area contributed by atoms with Crippen molar-refractivity contribution in [1.29, 1.82) is 0 Å². The Balaban J connectivity index is 1.67. The number of likely N-dealkylation sites (tertiary alicyclic amines) is 1. The lowest BCUT2D eigenvalue weighted by molar-refractivity contribution is 0.0593. The van der Waals surface area contributed by atoms with E-state index in [1.165, 1.54) is 6.42 Å². The molecule has 0 aromatic carbocycles. The van der Waals surface area contributed by atoms with Gasteiger partial charge < -0.3 is 9.80 Å². The summed E-state index contributed by atoms with van der Waals surface area (Å²) in [6.07, 6.45) is 9.75. The minimum absolute atomic E-state index is 0.100. The van der Waals surface area contributed by atoms with Gasteiger partial charge in [-0.15, -0.1) is 0 Å². The monoisotopic (exact) mass is 341 g/mol. The predicted molar refractivity (Wildman–Crippen MR) is 98.7 cm³/mol. The van der Waals surface area contributed by atoms with E-state index in [4.69, 9.17) is 0 Å². The molecular weight excluding hydrogens is 314 g/mol. The van der Waals surface area contributed by atoms with Gasteiger partial charge in [-0.05, 0) is 50.8 Å². The second-order valence-electron chi connectivity index (χ2n) is 6.63. The molecule has 0 radical (unpaired) electrons. The van der Waals surface area contributed by atoms with Crippen molar-refractivity contribution >= 4 is 11.7 Å². The number of amides is 1. The van der Waals surface area contributed by atoms with E-state index >= 15 is 0 Å². The molecule has 6 heteroatoms. The zero-order chi connectivity index (χ0) is 17.6. The molecule has 1 amide bonds. The quantitative estimate of drug-likeness (QED) is 0.811. The Morgan fingerprint density at radius 2 is 2.24 bits per heavy atom. The van der Waals surface area contributed by atoms with Crippen molar-refractivity contribution in [2.75, 3.05) is 25.0 Å². The Morgan fingerprint density at radius 3 is 2.92 bits per heavy atom. The van der Waals surface area contributed by atoms with E-state index in [1.54, 1.807) is 12.4 Å². The first-order valence-electron chi connectivity index (χ1n) is 9.14. The van der Waals surface area contributed by atoms with E-state index in [1.807, 2.05) is 41.0 Å². The second kappa shape index (κ2) is 8.14. The van der Waals surface area contributed by atoms with Crippen molar-refractivity contribution in [3.05, 3.63) is 42.4 Å². The molecule has 1 unspecified atom stereocenters. The molecule has 1 fully saturated rings. The number of aryl methyl sites for hydroxylation is 1. The van der Waals surface area contributed by atoms with Crippen LogP contribution in [-0.2, 0) is 6.54 Å².